The molecule has 2 aliphatic carbocycles. The van der Waals surface area contributed by atoms with Crippen molar-refractivity contribution in [2.75, 3.05) is 14.1 Å². The second kappa shape index (κ2) is 13.5. The van der Waals surface area contributed by atoms with Crippen molar-refractivity contribution in [1.82, 2.24) is 9.80 Å². The average Bonchev–Trinajstić information content (AvgIpc) is 2.94. The van der Waals surface area contributed by atoms with Crippen LogP contribution in [0.5, 0.6) is 0 Å². The normalized spacial score (nSPS) is 17.0. The number of amides is 2. The Balaban J connectivity index is 2.17. The van der Waals surface area contributed by atoms with Crippen LogP contribution in [0, 0.1) is 78.8 Å². The second-order valence-corrected chi connectivity index (χ2v) is 12.2. The van der Waals surface area contributed by atoms with E-state index in [9.17, 15) is 41.2 Å². The molecule has 0 saturated heterocycles. The van der Waals surface area contributed by atoms with Crippen LogP contribution in [-0.4, -0.2) is 35.7 Å². The zero-order valence-corrected chi connectivity index (χ0v) is 25.1. The first kappa shape index (κ1) is 33.0. The molecule has 2 amide bonds. The number of rotatable bonds is 7. The average molecular weight is 563 g/mol. The van der Waals surface area contributed by atoms with Gasteiger partial charge in [0.2, 0.25) is 11.8 Å². The Morgan fingerprint density at radius 3 is 1.19 bits per heavy atom. The van der Waals surface area contributed by atoms with Gasteiger partial charge in [0.15, 0.2) is 0 Å². The minimum atomic E-state index is -0.365. The maximum atomic E-state index is 13.1. The molecule has 10 heteroatoms. The molecule has 0 atom stereocenters. The molecule has 0 radical (unpaired) electrons. The first-order valence-corrected chi connectivity index (χ1v) is 13.6. The van der Waals surface area contributed by atoms with E-state index in [1.807, 2.05) is 52.0 Å². The Hall–Kier alpha value is -5.16. The van der Waals surface area contributed by atoms with Gasteiger partial charge in [-0.15, -0.1) is 0 Å². The molecule has 2 rings (SSSR count). The molecule has 0 unspecified atom stereocenters. The fourth-order valence-corrected chi connectivity index (χ4v) is 5.46. The van der Waals surface area contributed by atoms with Gasteiger partial charge in [0, 0.05) is 49.5 Å². The van der Waals surface area contributed by atoms with Crippen LogP contribution < -0.4 is 0 Å². The number of allylic oxidation sites excluding steroid dienone is 8. The summed E-state index contributed by atoms with van der Waals surface area (Å²) in [6, 6.07) is 11.6. The van der Waals surface area contributed by atoms with Crippen LogP contribution in [0.2, 0.25) is 0 Å². The van der Waals surface area contributed by atoms with E-state index in [1.165, 1.54) is 9.80 Å². The summed E-state index contributed by atoms with van der Waals surface area (Å²) >= 11 is 0. The number of hydrogen-bond acceptors (Lipinski definition) is 8. The fourth-order valence-electron chi connectivity index (χ4n) is 5.46. The van der Waals surface area contributed by atoms with Gasteiger partial charge in [0.05, 0.1) is 11.1 Å². The first-order chi connectivity index (χ1) is 19.7. The minimum absolute atomic E-state index is 0.123. The third-order valence-electron chi connectivity index (χ3n) is 7.65. The monoisotopic (exact) mass is 562 g/mol. The van der Waals surface area contributed by atoms with Gasteiger partial charge in [-0.1, -0.05) is 27.7 Å². The van der Waals surface area contributed by atoms with Crippen LogP contribution in [0.3, 0.4) is 0 Å². The quantitative estimate of drug-likeness (QED) is 0.294. The highest BCUT2D eigenvalue weighted by atomic mass is 16.2. The maximum absolute atomic E-state index is 13.1. The Morgan fingerprint density at radius 2 is 0.929 bits per heavy atom. The Bertz CT molecular complexity index is 1410. The van der Waals surface area contributed by atoms with Gasteiger partial charge in [-0.3, -0.25) is 9.59 Å². The molecule has 42 heavy (non-hydrogen) atoms. The molecular weight excluding hydrogens is 528 g/mol. The largest absolute Gasteiger partial charge is 0.318 e. The molecule has 0 aliphatic heterocycles. The summed E-state index contributed by atoms with van der Waals surface area (Å²) in [7, 11) is 3.15. The maximum Gasteiger partial charge on any atom is 0.226 e. The summed E-state index contributed by atoms with van der Waals surface area (Å²) in [5.74, 6) is -0.491. The zero-order valence-electron chi connectivity index (χ0n) is 25.1. The third kappa shape index (κ3) is 7.32. The van der Waals surface area contributed by atoms with Crippen LogP contribution in [-0.2, 0) is 9.59 Å². The van der Waals surface area contributed by atoms with Crippen LogP contribution >= 0.6 is 0 Å². The number of nitriles is 6. The van der Waals surface area contributed by atoms with Crippen LogP contribution in [0.4, 0.5) is 0 Å². The molecule has 0 spiro atoms. The van der Waals surface area contributed by atoms with Gasteiger partial charge in [-0.2, -0.15) is 31.6 Å². The van der Waals surface area contributed by atoms with E-state index in [0.29, 0.717) is 61.1 Å². The highest BCUT2D eigenvalue weighted by Crippen LogP contribution is 2.45. The molecule has 2 aliphatic rings. The van der Waals surface area contributed by atoms with Crippen molar-refractivity contribution in [2.45, 2.75) is 79.1 Å². The van der Waals surface area contributed by atoms with E-state index in [1.54, 1.807) is 14.1 Å². The van der Waals surface area contributed by atoms with E-state index in [0.717, 1.165) is 0 Å². The van der Waals surface area contributed by atoms with Crippen molar-refractivity contribution in [3.8, 4) is 36.4 Å². The Labute approximate surface area is 247 Å². The van der Waals surface area contributed by atoms with Gasteiger partial charge in [-0.25, -0.2) is 0 Å². The van der Waals surface area contributed by atoms with Crippen molar-refractivity contribution in [3.63, 3.8) is 0 Å². The number of hydrogen-bond donors (Lipinski definition) is 0. The smallest absolute Gasteiger partial charge is 0.226 e. The molecule has 0 N–H and O–H groups in total. The van der Waals surface area contributed by atoms with Gasteiger partial charge in [0.25, 0.3) is 0 Å². The first-order valence-electron chi connectivity index (χ1n) is 13.6. The van der Waals surface area contributed by atoms with E-state index in [4.69, 9.17) is 0 Å². The number of nitrogens with zero attached hydrogens (tertiary/aromatic N) is 8. The van der Waals surface area contributed by atoms with Crippen LogP contribution in [0.15, 0.2) is 44.8 Å². The van der Waals surface area contributed by atoms with E-state index in [2.05, 4.69) is 12.1 Å². The lowest BCUT2D eigenvalue weighted by atomic mass is 9.72. The molecule has 0 aromatic carbocycles. The van der Waals surface area contributed by atoms with Crippen molar-refractivity contribution in [3.05, 3.63) is 44.8 Å². The number of unbranched alkanes of at least 4 members (excludes halogenated alkanes) is 1. The molecule has 0 heterocycles. The third-order valence-corrected chi connectivity index (χ3v) is 7.65. The van der Waals surface area contributed by atoms with E-state index >= 15 is 0 Å². The molecule has 0 aromatic heterocycles. The molecule has 0 saturated carbocycles. The van der Waals surface area contributed by atoms with Gasteiger partial charge >= 0.3 is 0 Å². The molecule has 0 fully saturated rings. The van der Waals surface area contributed by atoms with Gasteiger partial charge in [0.1, 0.15) is 47.6 Å². The molecule has 10 nitrogen and oxygen atoms in total. The Kier molecular flexibility index (Phi) is 10.6. The molecule has 0 bridgehead atoms. The summed E-state index contributed by atoms with van der Waals surface area (Å²) in [6.07, 6.45) is 2.66. The fraction of sp³-hybridized carbons (Fsp3) is 0.500. The number of carbonyl (C=O) groups excluding carboxylic acids is 2. The summed E-state index contributed by atoms with van der Waals surface area (Å²) < 4.78 is 0. The van der Waals surface area contributed by atoms with Crippen LogP contribution in [0.1, 0.15) is 79.1 Å². The zero-order chi connectivity index (χ0) is 31.8. The summed E-state index contributed by atoms with van der Waals surface area (Å²) in [5, 5.41) is 57.3. The molecular formula is C32H34N8O2. The second-order valence-electron chi connectivity index (χ2n) is 12.2. The molecule has 0 aromatic rings. The van der Waals surface area contributed by atoms with Crippen molar-refractivity contribution < 1.29 is 9.59 Å². The van der Waals surface area contributed by atoms with Crippen molar-refractivity contribution in [1.29, 1.82) is 31.6 Å². The van der Waals surface area contributed by atoms with Gasteiger partial charge < -0.3 is 9.80 Å². The topological polar surface area (TPSA) is 183 Å². The SMILES string of the molecule is CN(C(=O)CCCCC(=O)N(C)C1=C(C#N)C(=C(C#N)C#N)CC(C)(C)C1)C1=C(C#N)C(=C(C#N)C#N)CC(C)(C)C1. The standard InChI is InChI=1S/C32H34N8O2/c1-31(2)11-23(21(15-33)16-34)25(19-37)27(13-31)39(5)29(41)9-7-8-10-30(42)40(6)28-14-32(3,4)12-24(26(28)20-38)22(17-35)18-36/h7-14H2,1-6H3. The van der Waals surface area contributed by atoms with Crippen molar-refractivity contribution >= 4 is 11.8 Å². The summed E-state index contributed by atoms with van der Waals surface area (Å²) in [6.45, 7) is 7.81. The predicted octanol–water partition coefficient (Wildman–Crippen LogP) is 5.35. The van der Waals surface area contributed by atoms with Crippen molar-refractivity contribution in [2.24, 2.45) is 10.8 Å². The lowest BCUT2D eigenvalue weighted by molar-refractivity contribution is -0.130. The summed E-state index contributed by atoms with van der Waals surface area (Å²) in [5.41, 5.74) is 1.03. The number of carbonyl (C=O) groups is 2. The highest BCUT2D eigenvalue weighted by Gasteiger charge is 2.36. The lowest BCUT2D eigenvalue weighted by Crippen LogP contribution is -2.33. The van der Waals surface area contributed by atoms with Crippen LogP contribution in [0.25, 0.3) is 0 Å². The summed E-state index contributed by atoms with van der Waals surface area (Å²) in [4.78, 5) is 29.1. The van der Waals surface area contributed by atoms with Gasteiger partial charge in [-0.05, 0) is 49.4 Å². The highest BCUT2D eigenvalue weighted by molar-refractivity contribution is 5.80. The predicted molar refractivity (Wildman–Crippen MR) is 152 cm³/mol. The van der Waals surface area contributed by atoms with E-state index in [-0.39, 0.29) is 57.8 Å². The minimum Gasteiger partial charge on any atom is -0.318 e. The van der Waals surface area contributed by atoms with E-state index < -0.39 is 0 Å². The Morgan fingerprint density at radius 1 is 0.619 bits per heavy atom. The lowest BCUT2D eigenvalue weighted by Gasteiger charge is -2.36. The molecule has 214 valence electrons.